The Hall–Kier alpha value is -2.89. The molecule has 2 saturated heterocycles. The lowest BCUT2D eigenvalue weighted by Gasteiger charge is -2.29. The summed E-state index contributed by atoms with van der Waals surface area (Å²) in [5.74, 6) is 3.55. The minimum absolute atomic E-state index is 0.0629. The quantitative estimate of drug-likeness (QED) is 0.473. The monoisotopic (exact) mass is 550 g/mol. The van der Waals surface area contributed by atoms with Crippen molar-refractivity contribution in [3.8, 4) is 11.8 Å². The number of fused-ring (bicyclic) bond motifs is 1. The smallest absolute Gasteiger partial charge is 0.272 e. The molecule has 9 heteroatoms. The zero-order valence-corrected chi connectivity index (χ0v) is 23.7. The molecule has 1 aliphatic carbocycles. The number of rotatable bonds is 9. The summed E-state index contributed by atoms with van der Waals surface area (Å²) in [5.41, 5.74) is 0.800. The summed E-state index contributed by atoms with van der Waals surface area (Å²) >= 11 is 6.12. The van der Waals surface area contributed by atoms with Gasteiger partial charge in [0.25, 0.3) is 5.91 Å². The van der Waals surface area contributed by atoms with Gasteiger partial charge in [-0.3, -0.25) is 4.79 Å². The van der Waals surface area contributed by atoms with Crippen molar-refractivity contribution in [1.29, 1.82) is 5.26 Å². The predicted octanol–water partition coefficient (Wildman–Crippen LogP) is 4.93. The summed E-state index contributed by atoms with van der Waals surface area (Å²) in [6.45, 7) is 10.2. The molecule has 2 atom stereocenters. The first-order valence-corrected chi connectivity index (χ1v) is 14.8. The number of hydrogen-bond acceptors (Lipinski definition) is 7. The number of carbonyl (C=O) groups is 1. The molecule has 2 aliphatic heterocycles. The SMILES string of the molecule is CCC(CC)CN1CC2CN(c3ccc(C(=O)NC4CCC(Oc5ccc(C#N)c(Cl)c5)CC4)nn3)CC2C1. The summed E-state index contributed by atoms with van der Waals surface area (Å²) in [5, 5.41) is 21.3. The van der Waals surface area contributed by atoms with Crippen molar-refractivity contribution in [3.05, 3.63) is 46.6 Å². The van der Waals surface area contributed by atoms with Gasteiger partial charge in [0.1, 0.15) is 11.8 Å². The Morgan fingerprint density at radius 3 is 2.38 bits per heavy atom. The number of carbonyl (C=O) groups excluding carboxylic acids is 1. The topological polar surface area (TPSA) is 94.4 Å². The lowest BCUT2D eigenvalue weighted by Crippen LogP contribution is -2.40. The molecule has 1 N–H and O–H groups in total. The number of hydrogen-bond donors (Lipinski definition) is 1. The van der Waals surface area contributed by atoms with E-state index in [0.717, 1.165) is 50.5 Å². The van der Waals surface area contributed by atoms with Crippen molar-refractivity contribution in [2.75, 3.05) is 37.6 Å². The second-order valence-electron chi connectivity index (χ2n) is 11.4. The van der Waals surface area contributed by atoms with Gasteiger partial charge < -0.3 is 19.9 Å². The highest BCUT2D eigenvalue weighted by atomic mass is 35.5. The van der Waals surface area contributed by atoms with Crippen LogP contribution >= 0.6 is 11.6 Å². The second-order valence-corrected chi connectivity index (χ2v) is 11.8. The van der Waals surface area contributed by atoms with Crippen molar-refractivity contribution in [2.45, 2.75) is 64.5 Å². The molecule has 2 aromatic rings. The van der Waals surface area contributed by atoms with Gasteiger partial charge in [0, 0.05) is 44.8 Å². The zero-order chi connectivity index (χ0) is 27.4. The number of nitriles is 1. The number of aromatic nitrogens is 2. The fraction of sp³-hybridized carbons (Fsp3) is 0.600. The minimum Gasteiger partial charge on any atom is -0.490 e. The van der Waals surface area contributed by atoms with E-state index in [2.05, 4.69) is 45.2 Å². The van der Waals surface area contributed by atoms with E-state index in [0.29, 0.717) is 33.9 Å². The number of nitrogens with zero attached hydrogens (tertiary/aromatic N) is 5. The van der Waals surface area contributed by atoms with E-state index in [4.69, 9.17) is 21.6 Å². The van der Waals surface area contributed by atoms with Crippen LogP contribution in [-0.2, 0) is 0 Å². The lowest BCUT2D eigenvalue weighted by atomic mass is 9.93. The summed E-state index contributed by atoms with van der Waals surface area (Å²) in [6.07, 6.45) is 5.91. The van der Waals surface area contributed by atoms with Crippen molar-refractivity contribution in [1.82, 2.24) is 20.4 Å². The summed E-state index contributed by atoms with van der Waals surface area (Å²) < 4.78 is 6.06. The molecular formula is C30H39ClN6O2. The molecule has 1 amide bonds. The summed E-state index contributed by atoms with van der Waals surface area (Å²) in [6, 6.07) is 11.0. The van der Waals surface area contributed by atoms with Crippen molar-refractivity contribution < 1.29 is 9.53 Å². The maximum atomic E-state index is 12.8. The standard InChI is InChI=1S/C30H39ClN6O2/c1-3-20(4-2)15-36-16-22-18-37(19-23(22)17-36)29-12-11-28(34-35-29)30(38)33-24-6-9-25(10-7-24)39-26-8-5-21(14-32)27(31)13-26/h5,8,11-13,20,22-25H,3-4,6-7,9-10,15-19H2,1-2H3,(H,33,38). The van der Waals surface area contributed by atoms with E-state index in [1.165, 1.54) is 32.5 Å². The van der Waals surface area contributed by atoms with E-state index < -0.39 is 0 Å². The van der Waals surface area contributed by atoms with Crippen LogP contribution in [0.1, 0.15) is 68.4 Å². The maximum absolute atomic E-state index is 12.8. The van der Waals surface area contributed by atoms with E-state index in [9.17, 15) is 4.79 Å². The molecule has 5 rings (SSSR count). The highest BCUT2D eigenvalue weighted by molar-refractivity contribution is 6.31. The first kappa shape index (κ1) is 27.7. The number of halogens is 1. The van der Waals surface area contributed by atoms with Crippen molar-refractivity contribution in [3.63, 3.8) is 0 Å². The number of nitrogens with one attached hydrogen (secondary N) is 1. The molecular weight excluding hydrogens is 512 g/mol. The van der Waals surface area contributed by atoms with Gasteiger partial charge in [-0.1, -0.05) is 38.3 Å². The van der Waals surface area contributed by atoms with Crippen LogP contribution < -0.4 is 15.0 Å². The largest absolute Gasteiger partial charge is 0.490 e. The highest BCUT2D eigenvalue weighted by Crippen LogP contribution is 2.34. The molecule has 3 heterocycles. The van der Waals surface area contributed by atoms with Gasteiger partial charge >= 0.3 is 0 Å². The van der Waals surface area contributed by atoms with Crippen LogP contribution in [0.15, 0.2) is 30.3 Å². The third-order valence-electron chi connectivity index (χ3n) is 8.81. The first-order chi connectivity index (χ1) is 18.9. The van der Waals surface area contributed by atoms with Crippen LogP contribution in [0, 0.1) is 29.1 Å². The molecule has 0 bridgehead atoms. The van der Waals surface area contributed by atoms with Crippen LogP contribution in [0.3, 0.4) is 0 Å². The summed E-state index contributed by atoms with van der Waals surface area (Å²) in [4.78, 5) is 17.8. The van der Waals surface area contributed by atoms with Crippen LogP contribution in [0.2, 0.25) is 5.02 Å². The van der Waals surface area contributed by atoms with E-state index in [-0.39, 0.29) is 18.1 Å². The molecule has 208 valence electrons. The molecule has 8 nitrogen and oxygen atoms in total. The zero-order valence-electron chi connectivity index (χ0n) is 23.0. The van der Waals surface area contributed by atoms with Gasteiger partial charge in [0.2, 0.25) is 0 Å². The summed E-state index contributed by atoms with van der Waals surface area (Å²) in [7, 11) is 0. The molecule has 3 fully saturated rings. The Morgan fingerprint density at radius 1 is 1.08 bits per heavy atom. The van der Waals surface area contributed by atoms with Gasteiger partial charge in [-0.2, -0.15) is 5.26 Å². The Morgan fingerprint density at radius 2 is 1.79 bits per heavy atom. The molecule has 1 saturated carbocycles. The molecule has 1 aromatic heterocycles. The Bertz CT molecular complexity index is 1160. The van der Waals surface area contributed by atoms with Gasteiger partial charge in [-0.25, -0.2) is 0 Å². The maximum Gasteiger partial charge on any atom is 0.272 e. The third-order valence-corrected chi connectivity index (χ3v) is 9.13. The normalized spacial score (nSPS) is 24.9. The third kappa shape index (κ3) is 6.64. The predicted molar refractivity (Wildman–Crippen MR) is 152 cm³/mol. The van der Waals surface area contributed by atoms with Crippen molar-refractivity contribution >= 4 is 23.3 Å². The Balaban J connectivity index is 1.06. The second kappa shape index (κ2) is 12.5. The molecule has 3 aliphatic rings. The van der Waals surface area contributed by atoms with E-state index in [1.54, 1.807) is 24.3 Å². The average Bonchev–Trinajstić information content (AvgIpc) is 3.52. The van der Waals surface area contributed by atoms with Crippen LogP contribution in [0.4, 0.5) is 5.82 Å². The van der Waals surface area contributed by atoms with Crippen molar-refractivity contribution in [2.24, 2.45) is 17.8 Å². The number of likely N-dealkylation sites (tertiary alicyclic amines) is 1. The minimum atomic E-state index is -0.173. The van der Waals surface area contributed by atoms with Gasteiger partial charge in [-0.05, 0) is 67.7 Å². The van der Waals surface area contributed by atoms with E-state index >= 15 is 0 Å². The fourth-order valence-corrected chi connectivity index (χ4v) is 6.60. The molecule has 39 heavy (non-hydrogen) atoms. The number of benzene rings is 1. The first-order valence-electron chi connectivity index (χ1n) is 14.4. The van der Waals surface area contributed by atoms with Crippen LogP contribution in [-0.4, -0.2) is 65.9 Å². The van der Waals surface area contributed by atoms with Gasteiger partial charge in [0.15, 0.2) is 11.5 Å². The highest BCUT2D eigenvalue weighted by Gasteiger charge is 2.40. The number of anilines is 1. The molecule has 0 radical (unpaired) electrons. The van der Waals surface area contributed by atoms with E-state index in [1.807, 2.05) is 6.07 Å². The van der Waals surface area contributed by atoms with Gasteiger partial charge in [-0.15, -0.1) is 10.2 Å². The molecule has 2 unspecified atom stereocenters. The average molecular weight is 551 g/mol. The lowest BCUT2D eigenvalue weighted by molar-refractivity contribution is 0.0888. The molecule has 1 aromatic carbocycles. The Kier molecular flexibility index (Phi) is 8.89. The fourth-order valence-electron chi connectivity index (χ4n) is 6.39. The van der Waals surface area contributed by atoms with Crippen LogP contribution in [0.5, 0.6) is 5.75 Å². The Labute approximate surface area is 236 Å². The van der Waals surface area contributed by atoms with Gasteiger partial charge in [0.05, 0.1) is 16.7 Å². The molecule has 0 spiro atoms. The number of amides is 1. The van der Waals surface area contributed by atoms with Crippen LogP contribution in [0.25, 0.3) is 0 Å². The number of ether oxygens (including phenoxy) is 1.